The van der Waals surface area contributed by atoms with Crippen molar-refractivity contribution in [1.82, 2.24) is 30.0 Å². The standard InChI is InChI=1S/C40H37ClF2N8O8/c1-3-30(54)49-13-15-50(16-14-49)36-24-20-25(41)32(33-26(42)5-4-6-28(33)52)34(43)35(24)46-40(47-36)44-12-11-31(55)48(2)17-18-59-21-7-8-22-23(19-21)39(58)51(38(22)57)27-9-10-29(53)45-37(27)56/h3-8,19-20,27,52H,1,9-18H2,2H3,(H,44,46,47)(H,45,53,56)/t27-/m1/s1. The first-order valence-corrected chi connectivity index (χ1v) is 18.9. The molecule has 7 rings (SSSR count). The van der Waals surface area contributed by atoms with E-state index in [0.717, 1.165) is 11.0 Å². The molecule has 4 aromatic rings. The zero-order valence-corrected chi connectivity index (χ0v) is 32.4. The lowest BCUT2D eigenvalue weighted by Gasteiger charge is -2.35. The molecule has 0 saturated carbocycles. The smallest absolute Gasteiger partial charge is 0.262 e. The van der Waals surface area contributed by atoms with Gasteiger partial charge in [-0.25, -0.2) is 13.8 Å². The number of phenols is 1. The summed E-state index contributed by atoms with van der Waals surface area (Å²) < 4.78 is 37.2. The van der Waals surface area contributed by atoms with E-state index in [-0.39, 0.29) is 101 Å². The van der Waals surface area contributed by atoms with Crippen LogP contribution in [0.5, 0.6) is 11.5 Å². The highest BCUT2D eigenvalue weighted by atomic mass is 35.5. The molecule has 306 valence electrons. The van der Waals surface area contributed by atoms with Crippen molar-refractivity contribution in [3.63, 3.8) is 0 Å². The van der Waals surface area contributed by atoms with E-state index in [9.17, 15) is 38.3 Å². The number of benzene rings is 3. The Morgan fingerprint density at radius 3 is 2.51 bits per heavy atom. The number of likely N-dealkylation sites (N-methyl/N-ethyl adjacent to an activating group) is 1. The molecule has 6 amide bonds. The summed E-state index contributed by atoms with van der Waals surface area (Å²) in [6.07, 6.45) is 1.21. The van der Waals surface area contributed by atoms with Crippen LogP contribution < -0.4 is 20.3 Å². The van der Waals surface area contributed by atoms with Gasteiger partial charge in [-0.2, -0.15) is 4.98 Å². The first-order chi connectivity index (χ1) is 28.3. The lowest BCUT2D eigenvalue weighted by atomic mass is 10.0. The molecule has 0 spiro atoms. The van der Waals surface area contributed by atoms with Gasteiger partial charge in [0, 0.05) is 63.6 Å². The number of hydrogen-bond donors (Lipinski definition) is 3. The fourth-order valence-corrected chi connectivity index (χ4v) is 7.48. The fraction of sp³-hybridized carbons (Fsp3) is 0.300. The van der Waals surface area contributed by atoms with Crippen LogP contribution in [0, 0.1) is 11.6 Å². The van der Waals surface area contributed by atoms with E-state index >= 15 is 4.39 Å². The number of carbonyl (C=O) groups excluding carboxylic acids is 6. The minimum atomic E-state index is -1.10. The van der Waals surface area contributed by atoms with Crippen LogP contribution in [0.3, 0.4) is 0 Å². The van der Waals surface area contributed by atoms with E-state index in [2.05, 4.69) is 27.2 Å². The molecule has 2 saturated heterocycles. The Balaban J connectivity index is 1.01. The maximum atomic E-state index is 16.4. The number of carbonyl (C=O) groups is 6. The summed E-state index contributed by atoms with van der Waals surface area (Å²) in [6.45, 7) is 5.03. The summed E-state index contributed by atoms with van der Waals surface area (Å²) in [7, 11) is 1.56. The lowest BCUT2D eigenvalue weighted by Crippen LogP contribution is -2.54. The van der Waals surface area contributed by atoms with E-state index in [1.165, 1.54) is 47.4 Å². The van der Waals surface area contributed by atoms with Crippen LogP contribution in [0.1, 0.15) is 40.0 Å². The van der Waals surface area contributed by atoms with Gasteiger partial charge in [-0.1, -0.05) is 24.2 Å². The average Bonchev–Trinajstić information content (AvgIpc) is 3.46. The van der Waals surface area contributed by atoms with E-state index in [1.807, 2.05) is 4.90 Å². The van der Waals surface area contributed by atoms with Gasteiger partial charge in [0.05, 0.1) is 28.3 Å². The molecule has 3 aromatic carbocycles. The van der Waals surface area contributed by atoms with E-state index in [4.69, 9.17) is 16.3 Å². The summed E-state index contributed by atoms with van der Waals surface area (Å²) in [5.74, 6) is -4.94. The fourth-order valence-electron chi connectivity index (χ4n) is 7.19. The van der Waals surface area contributed by atoms with Crippen LogP contribution in [0.25, 0.3) is 22.0 Å². The largest absolute Gasteiger partial charge is 0.507 e. The Morgan fingerprint density at radius 1 is 1.05 bits per heavy atom. The molecule has 1 aromatic heterocycles. The number of aromatic hydroxyl groups is 1. The van der Waals surface area contributed by atoms with Crippen molar-refractivity contribution in [3.05, 3.63) is 82.9 Å². The predicted molar refractivity (Wildman–Crippen MR) is 210 cm³/mol. The highest BCUT2D eigenvalue weighted by molar-refractivity contribution is 6.34. The zero-order chi connectivity index (χ0) is 42.1. The molecule has 3 N–H and O–H groups in total. The molecular weight excluding hydrogens is 794 g/mol. The molecule has 59 heavy (non-hydrogen) atoms. The predicted octanol–water partition coefficient (Wildman–Crippen LogP) is 3.51. The number of halogens is 3. The Morgan fingerprint density at radius 2 is 1.80 bits per heavy atom. The monoisotopic (exact) mass is 830 g/mol. The summed E-state index contributed by atoms with van der Waals surface area (Å²) in [4.78, 5) is 90.1. The van der Waals surface area contributed by atoms with Gasteiger partial charge in [0.25, 0.3) is 11.8 Å². The van der Waals surface area contributed by atoms with Crippen molar-refractivity contribution in [1.29, 1.82) is 0 Å². The molecule has 3 aliphatic heterocycles. The Bertz CT molecular complexity index is 2420. The van der Waals surface area contributed by atoms with Gasteiger partial charge in [-0.3, -0.25) is 39.0 Å². The number of ether oxygens (including phenoxy) is 1. The first kappa shape index (κ1) is 40.5. The van der Waals surface area contributed by atoms with Crippen molar-refractivity contribution in [2.45, 2.75) is 25.3 Å². The number of imide groups is 2. The highest BCUT2D eigenvalue weighted by Gasteiger charge is 2.44. The van der Waals surface area contributed by atoms with Crippen molar-refractivity contribution in [2.75, 3.05) is 63.1 Å². The number of aromatic nitrogens is 2. The van der Waals surface area contributed by atoms with E-state index < -0.39 is 52.6 Å². The molecular formula is C40H37ClF2N8O8. The number of amides is 6. The number of fused-ring (bicyclic) bond motifs is 2. The number of nitrogens with zero attached hydrogens (tertiary/aromatic N) is 6. The van der Waals surface area contributed by atoms with E-state index in [0.29, 0.717) is 26.2 Å². The van der Waals surface area contributed by atoms with Crippen LogP contribution in [-0.4, -0.2) is 124 Å². The van der Waals surface area contributed by atoms with Gasteiger partial charge in [-0.15, -0.1) is 0 Å². The average molecular weight is 831 g/mol. The molecule has 16 nitrogen and oxygen atoms in total. The van der Waals surface area contributed by atoms with Crippen molar-refractivity contribution in [2.24, 2.45) is 0 Å². The zero-order valence-electron chi connectivity index (χ0n) is 31.6. The molecule has 19 heteroatoms. The number of anilines is 2. The number of phenolic OH excluding ortho intramolecular Hbond substituents is 1. The SMILES string of the molecule is C=CC(=O)N1CCN(c2nc(NCCC(=O)N(C)CCOc3ccc4c(c3)C(=O)N([C@@H]3CCC(=O)NC3=O)C4=O)nc3c(F)c(-c4c(O)cccc4F)c(Cl)cc23)CC1. The van der Waals surface area contributed by atoms with Gasteiger partial charge in [0.15, 0.2) is 5.82 Å². The summed E-state index contributed by atoms with van der Waals surface area (Å²) >= 11 is 6.54. The summed E-state index contributed by atoms with van der Waals surface area (Å²) in [5.41, 5.74) is -0.877. The normalized spacial score (nSPS) is 16.6. The Hall–Kier alpha value is -6.69. The van der Waals surface area contributed by atoms with Crippen molar-refractivity contribution in [3.8, 4) is 22.6 Å². The molecule has 4 heterocycles. The molecule has 0 radical (unpaired) electrons. The molecule has 2 fully saturated rings. The third-order valence-corrected chi connectivity index (χ3v) is 10.6. The maximum Gasteiger partial charge on any atom is 0.262 e. The molecule has 3 aliphatic rings. The second-order valence-corrected chi connectivity index (χ2v) is 14.4. The Labute approximate surface area is 340 Å². The number of piperidine rings is 1. The number of hydrogen-bond acceptors (Lipinski definition) is 12. The first-order valence-electron chi connectivity index (χ1n) is 18.6. The van der Waals surface area contributed by atoms with Crippen LogP contribution in [0.2, 0.25) is 5.02 Å². The Kier molecular flexibility index (Phi) is 11.4. The lowest BCUT2D eigenvalue weighted by molar-refractivity contribution is -0.136. The molecule has 0 unspecified atom stereocenters. The van der Waals surface area contributed by atoms with Crippen molar-refractivity contribution < 1.29 is 47.4 Å². The quantitative estimate of drug-likeness (QED) is 0.139. The number of piperazine rings is 1. The van der Waals surface area contributed by atoms with Gasteiger partial charge in [0.1, 0.15) is 41.3 Å². The third-order valence-electron chi connectivity index (χ3n) is 10.3. The van der Waals surface area contributed by atoms with Crippen LogP contribution in [0.4, 0.5) is 20.5 Å². The van der Waals surface area contributed by atoms with Gasteiger partial charge >= 0.3 is 0 Å². The highest BCUT2D eigenvalue weighted by Crippen LogP contribution is 2.42. The van der Waals surface area contributed by atoms with Crippen molar-refractivity contribution >= 4 is 69.7 Å². The summed E-state index contributed by atoms with van der Waals surface area (Å²) in [5, 5.41) is 15.6. The minimum absolute atomic E-state index is 0.000121. The number of rotatable bonds is 12. The molecule has 0 aliphatic carbocycles. The summed E-state index contributed by atoms with van der Waals surface area (Å²) in [6, 6.07) is 8.17. The van der Waals surface area contributed by atoms with E-state index in [1.54, 1.807) is 11.9 Å². The van der Waals surface area contributed by atoms with Crippen LogP contribution >= 0.6 is 11.6 Å². The maximum absolute atomic E-state index is 16.4. The minimum Gasteiger partial charge on any atom is -0.507 e. The van der Waals surface area contributed by atoms with Crippen LogP contribution in [-0.2, 0) is 19.2 Å². The third kappa shape index (κ3) is 7.95. The van der Waals surface area contributed by atoms with Gasteiger partial charge < -0.3 is 29.9 Å². The number of nitrogens with one attached hydrogen (secondary N) is 2. The van der Waals surface area contributed by atoms with Gasteiger partial charge in [-0.05, 0) is 48.9 Å². The second kappa shape index (κ2) is 16.7. The molecule has 0 bridgehead atoms. The van der Waals surface area contributed by atoms with Crippen LogP contribution in [0.15, 0.2) is 55.1 Å². The van der Waals surface area contributed by atoms with Gasteiger partial charge in [0.2, 0.25) is 29.6 Å². The molecule has 1 atom stereocenters. The topological polar surface area (TPSA) is 195 Å². The second-order valence-electron chi connectivity index (χ2n) is 14.0.